The summed E-state index contributed by atoms with van der Waals surface area (Å²) in [5.41, 5.74) is -1.32. The van der Waals surface area contributed by atoms with Gasteiger partial charge in [0, 0.05) is 4.90 Å². The smallest absolute Gasteiger partial charge is 0.824 e. The minimum absolute atomic E-state index is 0. The molecule has 0 heterocycles. The first-order valence-electron chi connectivity index (χ1n) is 5.80. The summed E-state index contributed by atoms with van der Waals surface area (Å²) >= 11 is 5.30. The Labute approximate surface area is 131 Å². The topological polar surface area (TPSA) is 46.1 Å². The molecule has 0 amide bonds. The van der Waals surface area contributed by atoms with Gasteiger partial charge in [-0.25, -0.2) is 0 Å². The maximum atomic E-state index is 11.2. The summed E-state index contributed by atoms with van der Waals surface area (Å²) in [7, 11) is 0. The summed E-state index contributed by atoms with van der Waals surface area (Å²) in [6.45, 7) is 4.22. The van der Waals surface area contributed by atoms with Crippen LogP contribution in [0.1, 0.15) is 37.8 Å². The Balaban J connectivity index is 0.00000289. The first-order chi connectivity index (χ1) is 7.98. The summed E-state index contributed by atoms with van der Waals surface area (Å²) in [4.78, 5) is 23.3. The predicted octanol–water partition coefficient (Wildman–Crippen LogP) is 2.63. The zero-order chi connectivity index (χ0) is 12.9. The summed E-state index contributed by atoms with van der Waals surface area (Å²) in [5.74, 6) is 0. The third-order valence-electron chi connectivity index (χ3n) is 2.46. The van der Waals surface area contributed by atoms with Gasteiger partial charge in [0.05, 0.1) is 0 Å². The van der Waals surface area contributed by atoms with Crippen molar-refractivity contribution in [3.8, 4) is 0 Å². The molecule has 1 aromatic rings. The molecule has 0 aliphatic rings. The molecule has 0 aliphatic carbocycles. The fourth-order valence-electron chi connectivity index (χ4n) is 1.85. The van der Waals surface area contributed by atoms with E-state index in [9.17, 15) is 9.79 Å². The number of hydrogen-bond acceptors (Lipinski definition) is 4. The molecule has 0 aliphatic heterocycles. The van der Waals surface area contributed by atoms with Crippen LogP contribution in [-0.4, -0.2) is 0 Å². The van der Waals surface area contributed by atoms with Crippen molar-refractivity contribution in [2.24, 2.45) is 0 Å². The Morgan fingerprint density at radius 1 is 1.17 bits per heavy atom. The van der Waals surface area contributed by atoms with Gasteiger partial charge in [-0.1, -0.05) is 38.8 Å². The van der Waals surface area contributed by atoms with Crippen LogP contribution >= 0.6 is 17.1 Å². The van der Waals surface area contributed by atoms with Gasteiger partial charge in [-0.3, -0.25) is 0 Å². The second kappa shape index (κ2) is 8.84. The Bertz CT molecular complexity index is 421. The quantitative estimate of drug-likeness (QED) is 0.582. The number of rotatable bonds is 6. The van der Waals surface area contributed by atoms with Crippen molar-refractivity contribution in [1.29, 1.82) is 0 Å². The molecule has 96 valence electrons. The van der Waals surface area contributed by atoms with Gasteiger partial charge in [-0.05, 0) is 30.0 Å². The molecule has 0 bridgehead atoms. The first-order valence-corrected chi connectivity index (χ1v) is 9.86. The molecule has 0 saturated carbocycles. The molecule has 0 atom stereocenters. The third-order valence-corrected chi connectivity index (χ3v) is 5.19. The Hall–Kier alpha value is 0.763. The third kappa shape index (κ3) is 6.28. The van der Waals surface area contributed by atoms with Gasteiger partial charge in [0.2, 0.25) is 0 Å². The van der Waals surface area contributed by atoms with Crippen molar-refractivity contribution in [3.05, 3.63) is 29.3 Å². The SMILES string of the molecule is CCCc1cccc(SP([O-])([O-])=S)c1CCC.[Zn+2]. The van der Waals surface area contributed by atoms with E-state index < -0.39 is 5.69 Å². The number of hydrogen-bond donors (Lipinski definition) is 0. The van der Waals surface area contributed by atoms with E-state index in [2.05, 4.69) is 31.7 Å². The van der Waals surface area contributed by atoms with Crippen molar-refractivity contribution in [2.75, 3.05) is 0 Å². The fourth-order valence-corrected chi connectivity index (χ4v) is 4.54. The van der Waals surface area contributed by atoms with Gasteiger partial charge in [-0.15, -0.1) is 23.2 Å². The zero-order valence-electron chi connectivity index (χ0n) is 10.8. The maximum absolute atomic E-state index is 11.2. The van der Waals surface area contributed by atoms with Crippen LogP contribution in [0.3, 0.4) is 0 Å². The second-order valence-electron chi connectivity index (χ2n) is 3.93. The van der Waals surface area contributed by atoms with Crippen molar-refractivity contribution in [2.45, 2.75) is 44.4 Å². The average molecular weight is 354 g/mol. The monoisotopic (exact) mass is 352 g/mol. The molecule has 1 aromatic carbocycles. The van der Waals surface area contributed by atoms with Crippen molar-refractivity contribution < 1.29 is 29.3 Å². The molecule has 0 unspecified atom stereocenters. The summed E-state index contributed by atoms with van der Waals surface area (Å²) in [6, 6.07) is 5.85. The van der Waals surface area contributed by atoms with Crippen LogP contribution in [0.5, 0.6) is 0 Å². The minimum atomic E-state index is -3.73. The molecule has 0 saturated heterocycles. The van der Waals surface area contributed by atoms with Crippen molar-refractivity contribution >= 4 is 28.9 Å². The summed E-state index contributed by atoms with van der Waals surface area (Å²) in [6.07, 6.45) is 3.97. The van der Waals surface area contributed by atoms with Gasteiger partial charge in [-0.2, -0.15) is 5.69 Å². The van der Waals surface area contributed by atoms with Gasteiger partial charge < -0.3 is 9.79 Å². The molecule has 0 N–H and O–H groups in total. The summed E-state index contributed by atoms with van der Waals surface area (Å²) < 4.78 is 0. The molecule has 18 heavy (non-hydrogen) atoms. The Kier molecular flexibility index (Phi) is 9.21. The molecular weight excluding hydrogens is 337 g/mol. The normalized spacial score (nSPS) is 11.1. The van der Waals surface area contributed by atoms with Crippen LogP contribution in [0.15, 0.2) is 23.1 Å². The maximum Gasteiger partial charge on any atom is 2.00 e. The van der Waals surface area contributed by atoms with E-state index in [0.717, 1.165) is 47.5 Å². The molecule has 1 rings (SSSR count). The van der Waals surface area contributed by atoms with Gasteiger partial charge in [0.15, 0.2) is 0 Å². The van der Waals surface area contributed by atoms with Crippen LogP contribution in [0.25, 0.3) is 0 Å². The standard InChI is InChI=1S/C12H19O2PS2.Zn/c1-3-6-10-8-5-9-12(11(10)7-4-2)17-15(13,14)16;/h5,8-9H,3-4,6-7H2,1-2H3,(H2,13,14,16);/q;+2/p-2. The Morgan fingerprint density at radius 3 is 2.28 bits per heavy atom. The zero-order valence-corrected chi connectivity index (χ0v) is 16.3. The summed E-state index contributed by atoms with van der Waals surface area (Å²) in [5, 5.41) is 0. The molecule has 0 spiro atoms. The second-order valence-corrected chi connectivity index (χ2v) is 9.57. The molecule has 0 fully saturated rings. The van der Waals surface area contributed by atoms with Crippen LogP contribution in [0.4, 0.5) is 0 Å². The van der Waals surface area contributed by atoms with E-state index in [1.54, 1.807) is 0 Å². The van der Waals surface area contributed by atoms with Crippen molar-refractivity contribution in [3.63, 3.8) is 0 Å². The van der Waals surface area contributed by atoms with Gasteiger partial charge >= 0.3 is 19.5 Å². The predicted molar refractivity (Wildman–Crippen MR) is 74.6 cm³/mol. The average Bonchev–Trinajstić information content (AvgIpc) is 2.21. The van der Waals surface area contributed by atoms with Crippen LogP contribution in [0, 0.1) is 0 Å². The number of aryl methyl sites for hydroxylation is 1. The van der Waals surface area contributed by atoms with Crippen LogP contribution in [0.2, 0.25) is 0 Å². The van der Waals surface area contributed by atoms with Crippen LogP contribution < -0.4 is 9.79 Å². The Morgan fingerprint density at radius 2 is 1.78 bits per heavy atom. The van der Waals surface area contributed by atoms with Crippen molar-refractivity contribution in [1.82, 2.24) is 0 Å². The van der Waals surface area contributed by atoms with Gasteiger partial charge in [0.25, 0.3) is 0 Å². The van der Waals surface area contributed by atoms with E-state index in [0.29, 0.717) is 0 Å². The molecule has 2 nitrogen and oxygen atoms in total. The van der Waals surface area contributed by atoms with E-state index in [-0.39, 0.29) is 19.5 Å². The first kappa shape index (κ1) is 18.8. The van der Waals surface area contributed by atoms with Gasteiger partial charge in [0.1, 0.15) is 0 Å². The molecule has 0 aromatic heterocycles. The molecule has 0 radical (unpaired) electrons. The fraction of sp³-hybridized carbons (Fsp3) is 0.500. The minimum Gasteiger partial charge on any atom is -0.824 e. The van der Waals surface area contributed by atoms with E-state index in [1.165, 1.54) is 5.56 Å². The van der Waals surface area contributed by atoms with E-state index in [1.807, 2.05) is 12.1 Å². The van der Waals surface area contributed by atoms with E-state index >= 15 is 0 Å². The molecule has 6 heteroatoms. The number of benzene rings is 1. The van der Waals surface area contributed by atoms with Crippen LogP contribution in [-0.2, 0) is 44.1 Å². The largest absolute Gasteiger partial charge is 2.00 e. The van der Waals surface area contributed by atoms with E-state index in [4.69, 9.17) is 0 Å². The molecular formula is C12H17O2PS2Zn.